The third kappa shape index (κ3) is 4.07. The summed E-state index contributed by atoms with van der Waals surface area (Å²) in [6, 6.07) is 7.05. The van der Waals surface area contributed by atoms with E-state index in [0.29, 0.717) is 16.3 Å². The third-order valence-electron chi connectivity index (χ3n) is 2.94. The normalized spacial score (nSPS) is 13.9. The second-order valence-corrected chi connectivity index (χ2v) is 6.16. The van der Waals surface area contributed by atoms with Gasteiger partial charge in [-0.15, -0.1) is 0 Å². The van der Waals surface area contributed by atoms with Gasteiger partial charge in [0.05, 0.1) is 18.0 Å². The van der Waals surface area contributed by atoms with Crippen LogP contribution in [0.3, 0.4) is 0 Å². The highest BCUT2D eigenvalue weighted by atomic mass is 35.5. The monoisotopic (exact) mass is 326 g/mol. The molecule has 0 spiro atoms. The average Bonchev–Trinajstić information content (AvgIpc) is 2.94. The van der Waals surface area contributed by atoms with Crippen molar-refractivity contribution < 1.29 is 15.0 Å². The number of hydrogen-bond donors (Lipinski definition) is 3. The number of aliphatic hydroxyl groups is 2. The maximum absolute atomic E-state index is 10.9. The van der Waals surface area contributed by atoms with E-state index in [2.05, 4.69) is 10.2 Å². The number of nitrogens with zero attached hydrogens (tertiary/aromatic N) is 1. The fourth-order valence-electron chi connectivity index (χ4n) is 1.87. The standard InChI is InChI=1S/C14H15ClN2O3S/c1-8(18)21-7-12(19)14(20)11-6-16-17-13(11)9-2-4-10(15)5-3-9/h2-6,12,14,19-20H,7H2,1H3,(H,16,17). The Morgan fingerprint density at radius 2 is 2.05 bits per heavy atom. The first-order valence-electron chi connectivity index (χ1n) is 6.27. The largest absolute Gasteiger partial charge is 0.389 e. The first-order valence-corrected chi connectivity index (χ1v) is 7.64. The number of hydrogen-bond acceptors (Lipinski definition) is 5. The van der Waals surface area contributed by atoms with Crippen LogP contribution in [0.2, 0.25) is 5.02 Å². The lowest BCUT2D eigenvalue weighted by atomic mass is 10.0. The van der Waals surface area contributed by atoms with E-state index in [1.165, 1.54) is 13.1 Å². The number of halogens is 1. The quantitative estimate of drug-likeness (QED) is 0.785. The number of nitrogens with one attached hydrogen (secondary N) is 1. The lowest BCUT2D eigenvalue weighted by Gasteiger charge is -2.17. The van der Waals surface area contributed by atoms with Crippen LogP contribution in [0.15, 0.2) is 30.5 Å². The highest BCUT2D eigenvalue weighted by molar-refractivity contribution is 8.13. The van der Waals surface area contributed by atoms with Crippen LogP contribution < -0.4 is 0 Å². The van der Waals surface area contributed by atoms with Crippen molar-refractivity contribution in [1.29, 1.82) is 0 Å². The SMILES string of the molecule is CC(=O)SCC(O)C(O)c1cn[nH]c1-c1ccc(Cl)cc1. The van der Waals surface area contributed by atoms with Crippen molar-refractivity contribution in [3.05, 3.63) is 41.0 Å². The molecule has 7 heteroatoms. The predicted molar refractivity (Wildman–Crippen MR) is 83.1 cm³/mol. The summed E-state index contributed by atoms with van der Waals surface area (Å²) in [7, 11) is 0. The molecule has 2 unspecified atom stereocenters. The second-order valence-electron chi connectivity index (χ2n) is 4.52. The van der Waals surface area contributed by atoms with Crippen LogP contribution in [-0.2, 0) is 4.79 Å². The van der Waals surface area contributed by atoms with Gasteiger partial charge in [-0.3, -0.25) is 9.89 Å². The van der Waals surface area contributed by atoms with E-state index in [1.807, 2.05) is 0 Å². The molecule has 0 aliphatic rings. The Kier molecular flexibility index (Phi) is 5.41. The second kappa shape index (κ2) is 7.09. The van der Waals surface area contributed by atoms with Gasteiger partial charge in [0.1, 0.15) is 6.10 Å². The van der Waals surface area contributed by atoms with E-state index >= 15 is 0 Å². The Balaban J connectivity index is 2.19. The van der Waals surface area contributed by atoms with Gasteiger partial charge in [0, 0.05) is 28.8 Å². The fourth-order valence-corrected chi connectivity index (χ4v) is 2.58. The molecule has 2 atom stereocenters. The number of carbonyl (C=O) groups excluding carboxylic acids is 1. The molecule has 2 rings (SSSR count). The highest BCUT2D eigenvalue weighted by Gasteiger charge is 2.23. The minimum atomic E-state index is -1.12. The summed E-state index contributed by atoms with van der Waals surface area (Å²) in [5.41, 5.74) is 1.90. The molecule has 112 valence electrons. The fraction of sp³-hybridized carbons (Fsp3) is 0.286. The molecule has 0 fully saturated rings. The highest BCUT2D eigenvalue weighted by Crippen LogP contribution is 2.29. The summed E-state index contributed by atoms with van der Waals surface area (Å²) < 4.78 is 0. The minimum Gasteiger partial charge on any atom is -0.389 e. The number of H-pyrrole nitrogens is 1. The number of benzene rings is 1. The summed E-state index contributed by atoms with van der Waals surface area (Å²) >= 11 is 6.82. The van der Waals surface area contributed by atoms with Crippen molar-refractivity contribution in [2.75, 3.05) is 5.75 Å². The van der Waals surface area contributed by atoms with Gasteiger partial charge in [-0.1, -0.05) is 35.5 Å². The lowest BCUT2D eigenvalue weighted by molar-refractivity contribution is -0.109. The summed E-state index contributed by atoms with van der Waals surface area (Å²) in [5.74, 6) is 0.127. The van der Waals surface area contributed by atoms with Crippen LogP contribution in [-0.4, -0.2) is 37.4 Å². The molecule has 0 amide bonds. The Morgan fingerprint density at radius 3 is 2.67 bits per heavy atom. The molecule has 1 heterocycles. The molecule has 3 N–H and O–H groups in total. The number of thioether (sulfide) groups is 1. The van der Waals surface area contributed by atoms with E-state index < -0.39 is 12.2 Å². The summed E-state index contributed by atoms with van der Waals surface area (Å²) in [5, 5.41) is 27.4. The molecule has 0 aliphatic carbocycles. The number of aliphatic hydroxyl groups excluding tert-OH is 2. The van der Waals surface area contributed by atoms with Gasteiger partial charge >= 0.3 is 0 Å². The Bertz CT molecular complexity index is 615. The lowest BCUT2D eigenvalue weighted by Crippen LogP contribution is -2.21. The number of rotatable bonds is 5. The van der Waals surface area contributed by atoms with Gasteiger partial charge in [0.15, 0.2) is 5.12 Å². The van der Waals surface area contributed by atoms with Crippen molar-refractivity contribution in [3.63, 3.8) is 0 Å². The Morgan fingerprint density at radius 1 is 1.38 bits per heavy atom. The van der Waals surface area contributed by atoms with Crippen LogP contribution in [0.1, 0.15) is 18.6 Å². The van der Waals surface area contributed by atoms with E-state index in [-0.39, 0.29) is 10.9 Å². The summed E-state index contributed by atoms with van der Waals surface area (Å²) in [4.78, 5) is 10.9. The molecule has 0 bridgehead atoms. The molecule has 21 heavy (non-hydrogen) atoms. The van der Waals surface area contributed by atoms with Gasteiger partial charge in [-0.05, 0) is 12.1 Å². The number of carbonyl (C=O) groups is 1. The van der Waals surface area contributed by atoms with E-state index in [9.17, 15) is 15.0 Å². The van der Waals surface area contributed by atoms with Gasteiger partial charge in [0.25, 0.3) is 0 Å². The topological polar surface area (TPSA) is 86.2 Å². The van der Waals surface area contributed by atoms with Crippen LogP contribution in [0.25, 0.3) is 11.3 Å². The smallest absolute Gasteiger partial charge is 0.185 e. The van der Waals surface area contributed by atoms with Crippen LogP contribution in [0, 0.1) is 0 Å². The molecule has 0 aliphatic heterocycles. The molecule has 1 aromatic heterocycles. The van der Waals surface area contributed by atoms with Crippen molar-refractivity contribution >= 4 is 28.5 Å². The van der Waals surface area contributed by atoms with Gasteiger partial charge in [0.2, 0.25) is 0 Å². The predicted octanol–water partition coefficient (Wildman–Crippen LogP) is 2.40. The van der Waals surface area contributed by atoms with Gasteiger partial charge in [-0.25, -0.2) is 0 Å². The minimum absolute atomic E-state index is 0.105. The average molecular weight is 327 g/mol. The molecule has 1 aromatic carbocycles. The maximum Gasteiger partial charge on any atom is 0.185 e. The molecule has 0 saturated carbocycles. The van der Waals surface area contributed by atoms with E-state index in [4.69, 9.17) is 11.6 Å². The maximum atomic E-state index is 10.9. The zero-order valence-corrected chi connectivity index (χ0v) is 12.9. The van der Waals surface area contributed by atoms with Gasteiger partial charge in [-0.2, -0.15) is 5.10 Å². The summed E-state index contributed by atoms with van der Waals surface area (Å²) in [6.07, 6.45) is -0.708. The molecule has 0 saturated heterocycles. The first-order chi connectivity index (χ1) is 9.99. The van der Waals surface area contributed by atoms with E-state index in [1.54, 1.807) is 24.3 Å². The zero-order chi connectivity index (χ0) is 15.4. The van der Waals surface area contributed by atoms with Gasteiger partial charge < -0.3 is 10.2 Å². The molecular formula is C14H15ClN2O3S. The first kappa shape index (κ1) is 16.0. The van der Waals surface area contributed by atoms with Crippen LogP contribution in [0.4, 0.5) is 0 Å². The molecule has 0 radical (unpaired) electrons. The van der Waals surface area contributed by atoms with Crippen LogP contribution in [0.5, 0.6) is 0 Å². The zero-order valence-electron chi connectivity index (χ0n) is 11.3. The van der Waals surface area contributed by atoms with Crippen molar-refractivity contribution in [1.82, 2.24) is 10.2 Å². The third-order valence-corrected chi connectivity index (χ3v) is 4.11. The molecule has 5 nitrogen and oxygen atoms in total. The molecule has 2 aromatic rings. The van der Waals surface area contributed by atoms with Crippen molar-refractivity contribution in [2.45, 2.75) is 19.1 Å². The number of aromatic amines is 1. The molecular weight excluding hydrogens is 312 g/mol. The van der Waals surface area contributed by atoms with E-state index in [0.717, 1.165) is 17.3 Å². The number of aromatic nitrogens is 2. The Labute approximate surface area is 131 Å². The van der Waals surface area contributed by atoms with Crippen LogP contribution >= 0.6 is 23.4 Å². The Hall–Kier alpha value is -1.34. The van der Waals surface area contributed by atoms with Crippen molar-refractivity contribution in [2.24, 2.45) is 0 Å². The van der Waals surface area contributed by atoms with Crippen molar-refractivity contribution in [3.8, 4) is 11.3 Å². The summed E-state index contributed by atoms with van der Waals surface area (Å²) in [6.45, 7) is 1.42.